The van der Waals surface area contributed by atoms with E-state index in [2.05, 4.69) is 28.7 Å². The number of thiophene rings is 1. The van der Waals surface area contributed by atoms with Crippen LogP contribution in [0.2, 0.25) is 0 Å². The van der Waals surface area contributed by atoms with Crippen molar-refractivity contribution in [3.05, 3.63) is 21.9 Å². The second-order valence-electron chi connectivity index (χ2n) is 7.70. The summed E-state index contributed by atoms with van der Waals surface area (Å²) in [5, 5.41) is 7.12. The Balaban J connectivity index is 0.000000396. The number of sulfonamides is 1. The largest absolute Gasteiger partial charge is 0.490 e. The van der Waals surface area contributed by atoms with E-state index in [1.54, 1.807) is 0 Å². The summed E-state index contributed by atoms with van der Waals surface area (Å²) in [5.41, 5.74) is -0.136. The second-order valence-corrected chi connectivity index (χ2v) is 10.9. The molecule has 0 amide bonds. The van der Waals surface area contributed by atoms with Crippen LogP contribution in [0, 0.1) is 6.92 Å². The molecule has 0 saturated carbocycles. The number of rotatable bonds is 4. The number of carboxylic acids is 1. The first kappa shape index (κ1) is 25.1. The van der Waals surface area contributed by atoms with Gasteiger partial charge in [-0.05, 0) is 44.7 Å². The third kappa shape index (κ3) is 8.14. The molecule has 2 fully saturated rings. The van der Waals surface area contributed by atoms with Crippen LogP contribution in [0.5, 0.6) is 0 Å². The first-order valence-electron chi connectivity index (χ1n) is 9.47. The van der Waals surface area contributed by atoms with Crippen LogP contribution < -0.4 is 4.72 Å². The number of ether oxygens (including phenoxy) is 1. The number of piperidine rings is 1. The number of aryl methyl sites for hydroxylation is 1. The van der Waals surface area contributed by atoms with Gasteiger partial charge < -0.3 is 9.84 Å². The predicted octanol–water partition coefficient (Wildman–Crippen LogP) is 2.75. The minimum absolute atomic E-state index is 0.0187. The van der Waals surface area contributed by atoms with Crippen LogP contribution in [0.25, 0.3) is 0 Å². The Kier molecular flexibility index (Phi) is 8.30. The highest BCUT2D eigenvalue weighted by molar-refractivity contribution is 7.88. The summed E-state index contributed by atoms with van der Waals surface area (Å²) in [4.78, 5) is 14.2. The van der Waals surface area contributed by atoms with Crippen molar-refractivity contribution < 1.29 is 36.2 Å². The molecule has 2 aliphatic rings. The van der Waals surface area contributed by atoms with Crippen molar-refractivity contribution in [2.24, 2.45) is 0 Å². The number of nitrogens with one attached hydrogen (secondary N) is 1. The number of hydrogen-bond donors (Lipinski definition) is 2. The van der Waals surface area contributed by atoms with Gasteiger partial charge in [0.15, 0.2) is 0 Å². The zero-order chi connectivity index (χ0) is 22.6. The van der Waals surface area contributed by atoms with Crippen LogP contribution in [-0.4, -0.2) is 68.2 Å². The van der Waals surface area contributed by atoms with E-state index in [-0.39, 0.29) is 11.6 Å². The Hall–Kier alpha value is -1.21. The molecule has 2 saturated heterocycles. The van der Waals surface area contributed by atoms with E-state index in [4.69, 9.17) is 14.6 Å². The third-order valence-electron chi connectivity index (χ3n) is 5.06. The van der Waals surface area contributed by atoms with Crippen molar-refractivity contribution in [1.82, 2.24) is 9.62 Å². The Morgan fingerprint density at radius 2 is 1.97 bits per heavy atom. The average Bonchev–Trinajstić information content (AvgIpc) is 3.00. The summed E-state index contributed by atoms with van der Waals surface area (Å²) in [6, 6.07) is 4.41. The molecule has 7 nitrogen and oxygen atoms in total. The second kappa shape index (κ2) is 9.94. The highest BCUT2D eigenvalue weighted by atomic mass is 32.2. The number of carbonyl (C=O) groups is 1. The summed E-state index contributed by atoms with van der Waals surface area (Å²) >= 11 is 1.87. The fraction of sp³-hybridized carbons (Fsp3) is 0.722. The molecule has 1 atom stereocenters. The van der Waals surface area contributed by atoms with E-state index in [1.807, 2.05) is 11.3 Å². The smallest absolute Gasteiger partial charge is 0.475 e. The number of nitrogens with zero attached hydrogens (tertiary/aromatic N) is 1. The van der Waals surface area contributed by atoms with Gasteiger partial charge >= 0.3 is 12.1 Å². The molecule has 0 radical (unpaired) electrons. The summed E-state index contributed by atoms with van der Waals surface area (Å²) < 4.78 is 63.5. The normalized spacial score (nSPS) is 22.4. The van der Waals surface area contributed by atoms with E-state index in [1.165, 1.54) is 16.0 Å². The van der Waals surface area contributed by atoms with Gasteiger partial charge in [-0.15, -0.1) is 11.3 Å². The molecule has 1 spiro atoms. The molecule has 0 aliphatic carbocycles. The summed E-state index contributed by atoms with van der Waals surface area (Å²) in [6.07, 6.45) is -0.307. The van der Waals surface area contributed by atoms with E-state index in [9.17, 15) is 21.6 Å². The van der Waals surface area contributed by atoms with E-state index in [0.29, 0.717) is 6.61 Å². The summed E-state index contributed by atoms with van der Waals surface area (Å²) in [5.74, 6) is -2.76. The van der Waals surface area contributed by atoms with Crippen LogP contribution in [0.15, 0.2) is 12.1 Å². The van der Waals surface area contributed by atoms with Gasteiger partial charge in [-0.1, -0.05) is 0 Å². The van der Waals surface area contributed by atoms with Gasteiger partial charge in [-0.3, -0.25) is 4.90 Å². The number of hydrogen-bond acceptors (Lipinski definition) is 6. The van der Waals surface area contributed by atoms with Crippen molar-refractivity contribution in [2.45, 2.75) is 57.0 Å². The highest BCUT2D eigenvalue weighted by Gasteiger charge is 2.41. The van der Waals surface area contributed by atoms with Crippen molar-refractivity contribution in [2.75, 3.05) is 26.0 Å². The third-order valence-corrected chi connectivity index (χ3v) is 6.81. The molecular formula is C18H27F3N2O5S2. The van der Waals surface area contributed by atoms with Gasteiger partial charge in [0.1, 0.15) is 0 Å². The zero-order valence-corrected chi connectivity index (χ0v) is 18.5. The standard InChI is InChI=1S/C16H26N2O3S2.C2HF3O2/c1-13-3-4-15(22-13)12-18-8-6-16(7-9-18)11-14(5-10-21-16)17-23(2,19)20;3-2(4,5)1(6)7/h3-4,14,17H,5-12H2,1-2H3;(H,6,7). The Morgan fingerprint density at radius 1 is 1.37 bits per heavy atom. The fourth-order valence-electron chi connectivity index (χ4n) is 3.69. The van der Waals surface area contributed by atoms with Crippen LogP contribution in [-0.2, 0) is 26.1 Å². The van der Waals surface area contributed by atoms with E-state index >= 15 is 0 Å². The lowest BCUT2D eigenvalue weighted by atomic mass is 9.82. The lowest BCUT2D eigenvalue weighted by Gasteiger charge is -2.46. The SMILES string of the molecule is Cc1ccc(CN2CCC3(CC2)CC(NS(C)(=O)=O)CCO3)s1.O=C(O)C(F)(F)F. The molecular weight excluding hydrogens is 445 g/mol. The first-order valence-corrected chi connectivity index (χ1v) is 12.2. The van der Waals surface area contributed by atoms with Crippen molar-refractivity contribution in [3.63, 3.8) is 0 Å². The van der Waals surface area contributed by atoms with Gasteiger partial charge in [0.25, 0.3) is 0 Å². The summed E-state index contributed by atoms with van der Waals surface area (Å²) in [6.45, 7) is 5.84. The topological polar surface area (TPSA) is 95.9 Å². The van der Waals surface area contributed by atoms with Gasteiger partial charge in [-0.25, -0.2) is 17.9 Å². The molecule has 1 aromatic heterocycles. The Bertz CT molecular complexity index is 818. The molecule has 0 bridgehead atoms. The summed E-state index contributed by atoms with van der Waals surface area (Å²) in [7, 11) is -3.14. The average molecular weight is 473 g/mol. The van der Waals surface area contributed by atoms with E-state index < -0.39 is 22.2 Å². The molecule has 172 valence electrons. The minimum atomic E-state index is -5.08. The Labute approximate surface area is 178 Å². The molecule has 12 heteroatoms. The molecule has 2 aliphatic heterocycles. The number of likely N-dealkylation sites (tertiary alicyclic amines) is 1. The molecule has 3 heterocycles. The molecule has 0 aromatic carbocycles. The quantitative estimate of drug-likeness (QED) is 0.700. The van der Waals surface area contributed by atoms with Gasteiger partial charge in [0.05, 0.1) is 11.9 Å². The maximum Gasteiger partial charge on any atom is 0.490 e. The number of carboxylic acid groups (broad SMARTS) is 1. The molecule has 30 heavy (non-hydrogen) atoms. The first-order chi connectivity index (χ1) is 13.8. The van der Waals surface area contributed by atoms with Gasteiger partial charge in [-0.2, -0.15) is 13.2 Å². The minimum Gasteiger partial charge on any atom is -0.475 e. The lowest BCUT2D eigenvalue weighted by Crippen LogP contribution is -2.53. The number of aliphatic carboxylic acids is 1. The van der Waals surface area contributed by atoms with Gasteiger partial charge in [0, 0.05) is 42.0 Å². The zero-order valence-electron chi connectivity index (χ0n) is 16.9. The Morgan fingerprint density at radius 3 is 2.43 bits per heavy atom. The maximum absolute atomic E-state index is 11.5. The maximum atomic E-state index is 11.5. The van der Waals surface area contributed by atoms with Crippen molar-refractivity contribution in [1.29, 1.82) is 0 Å². The number of alkyl halides is 3. The predicted molar refractivity (Wildman–Crippen MR) is 107 cm³/mol. The van der Waals surface area contributed by atoms with Crippen LogP contribution in [0.1, 0.15) is 35.4 Å². The number of halogens is 3. The van der Waals surface area contributed by atoms with Crippen LogP contribution in [0.3, 0.4) is 0 Å². The highest BCUT2D eigenvalue weighted by Crippen LogP contribution is 2.35. The monoisotopic (exact) mass is 472 g/mol. The van der Waals surface area contributed by atoms with Gasteiger partial charge in [0.2, 0.25) is 10.0 Å². The fourth-order valence-corrected chi connectivity index (χ4v) is 5.43. The van der Waals surface area contributed by atoms with Crippen LogP contribution >= 0.6 is 11.3 Å². The van der Waals surface area contributed by atoms with Crippen molar-refractivity contribution in [3.8, 4) is 0 Å². The molecule has 1 unspecified atom stereocenters. The van der Waals surface area contributed by atoms with E-state index in [0.717, 1.165) is 45.3 Å². The molecule has 3 rings (SSSR count). The lowest BCUT2D eigenvalue weighted by molar-refractivity contribution is -0.192. The molecule has 1 aromatic rings. The van der Waals surface area contributed by atoms with Crippen LogP contribution in [0.4, 0.5) is 13.2 Å². The molecule has 2 N–H and O–H groups in total. The van der Waals surface area contributed by atoms with Crippen molar-refractivity contribution >= 4 is 27.3 Å².